The van der Waals surface area contributed by atoms with Crippen LogP contribution in [-0.2, 0) is 0 Å². The van der Waals surface area contributed by atoms with Gasteiger partial charge in [0.2, 0.25) is 5.88 Å². The lowest BCUT2D eigenvalue weighted by Crippen LogP contribution is -2.15. The van der Waals surface area contributed by atoms with Gasteiger partial charge in [0.1, 0.15) is 5.02 Å². The zero-order valence-electron chi connectivity index (χ0n) is 9.97. The number of pyridine rings is 1. The zero-order chi connectivity index (χ0) is 13.0. The summed E-state index contributed by atoms with van der Waals surface area (Å²) in [5.41, 5.74) is 5.94. The van der Waals surface area contributed by atoms with Crippen LogP contribution in [0.2, 0.25) is 5.02 Å². The van der Waals surface area contributed by atoms with Crippen LogP contribution in [0.15, 0.2) is 17.4 Å². The Balaban J connectivity index is 2.08. The van der Waals surface area contributed by atoms with Crippen molar-refractivity contribution in [1.29, 1.82) is 0 Å². The molecule has 1 aromatic rings. The normalized spacial score (nSPS) is 17.1. The molecule has 2 rings (SSSR count). The van der Waals surface area contributed by atoms with Gasteiger partial charge < -0.3 is 15.7 Å². The van der Waals surface area contributed by atoms with Gasteiger partial charge in [-0.15, -0.1) is 0 Å². The van der Waals surface area contributed by atoms with Gasteiger partial charge in [-0.2, -0.15) is 0 Å². The van der Waals surface area contributed by atoms with Crippen molar-refractivity contribution in [2.45, 2.75) is 25.7 Å². The van der Waals surface area contributed by atoms with Crippen LogP contribution in [0.4, 0.5) is 0 Å². The van der Waals surface area contributed by atoms with E-state index in [1.54, 1.807) is 6.07 Å². The molecule has 6 heteroatoms. The van der Waals surface area contributed by atoms with Crippen LogP contribution in [0.1, 0.15) is 31.2 Å². The number of hydrogen-bond donors (Lipinski definition) is 2. The molecule has 1 aromatic heterocycles. The summed E-state index contributed by atoms with van der Waals surface area (Å²) in [4.78, 5) is 4.07. The Morgan fingerprint density at radius 2 is 2.28 bits per heavy atom. The molecule has 0 atom stereocenters. The fraction of sp³-hybridized carbons (Fsp3) is 0.500. The van der Waals surface area contributed by atoms with Gasteiger partial charge in [-0.25, -0.2) is 4.98 Å². The summed E-state index contributed by atoms with van der Waals surface area (Å²) >= 11 is 6.11. The van der Waals surface area contributed by atoms with Crippen LogP contribution in [-0.4, -0.2) is 22.6 Å². The molecule has 18 heavy (non-hydrogen) atoms. The van der Waals surface area contributed by atoms with E-state index in [9.17, 15) is 0 Å². The van der Waals surface area contributed by atoms with Gasteiger partial charge in [-0.1, -0.05) is 29.6 Å². The minimum Gasteiger partial charge on any atom is -0.476 e. The minimum atomic E-state index is -0.0480. The van der Waals surface area contributed by atoms with E-state index in [-0.39, 0.29) is 10.9 Å². The number of aromatic nitrogens is 1. The summed E-state index contributed by atoms with van der Waals surface area (Å²) in [5.74, 6) is 0.871. The summed E-state index contributed by atoms with van der Waals surface area (Å²) in [5, 5.41) is 11.9. The molecule has 1 heterocycles. The lowest BCUT2D eigenvalue weighted by atomic mass is 10.1. The minimum absolute atomic E-state index is 0.0480. The van der Waals surface area contributed by atoms with Crippen molar-refractivity contribution in [3.05, 3.63) is 22.8 Å². The number of oxime groups is 1. The first-order chi connectivity index (χ1) is 8.72. The van der Waals surface area contributed by atoms with Gasteiger partial charge in [0.15, 0.2) is 5.84 Å². The molecule has 0 bridgehead atoms. The molecule has 1 fully saturated rings. The lowest BCUT2D eigenvalue weighted by molar-refractivity contribution is 0.243. The van der Waals surface area contributed by atoms with Gasteiger partial charge >= 0.3 is 0 Å². The Bertz CT molecular complexity index is 445. The molecular weight excluding hydrogens is 254 g/mol. The van der Waals surface area contributed by atoms with Crippen LogP contribution < -0.4 is 10.5 Å². The van der Waals surface area contributed by atoms with Crippen molar-refractivity contribution in [2.24, 2.45) is 16.8 Å². The quantitative estimate of drug-likeness (QED) is 0.381. The molecule has 5 nitrogen and oxygen atoms in total. The van der Waals surface area contributed by atoms with Gasteiger partial charge in [0.25, 0.3) is 0 Å². The van der Waals surface area contributed by atoms with E-state index in [0.717, 1.165) is 0 Å². The molecule has 0 aliphatic heterocycles. The molecular formula is C12H16ClN3O2. The van der Waals surface area contributed by atoms with Gasteiger partial charge in [-0.05, 0) is 24.8 Å². The highest BCUT2D eigenvalue weighted by Crippen LogP contribution is 2.29. The predicted molar refractivity (Wildman–Crippen MR) is 69.2 cm³/mol. The Hall–Kier alpha value is -1.49. The van der Waals surface area contributed by atoms with E-state index in [1.165, 1.54) is 31.9 Å². The smallest absolute Gasteiger partial charge is 0.233 e. The van der Waals surface area contributed by atoms with Crippen LogP contribution >= 0.6 is 11.6 Å². The number of nitrogens with two attached hydrogens (primary N) is 1. The lowest BCUT2D eigenvalue weighted by Gasteiger charge is -2.12. The fourth-order valence-electron chi connectivity index (χ4n) is 2.15. The van der Waals surface area contributed by atoms with E-state index in [2.05, 4.69) is 10.1 Å². The summed E-state index contributed by atoms with van der Waals surface area (Å²) in [6.07, 6.45) is 6.44. The topological polar surface area (TPSA) is 80.7 Å². The van der Waals surface area contributed by atoms with Crippen LogP contribution in [0.3, 0.4) is 0 Å². The average molecular weight is 270 g/mol. The van der Waals surface area contributed by atoms with Crippen LogP contribution in [0, 0.1) is 5.92 Å². The SMILES string of the molecule is N/C(=N/O)c1ccnc(OCC2CCCC2)c1Cl. The molecule has 0 unspecified atom stereocenters. The van der Waals surface area contributed by atoms with Crippen molar-refractivity contribution in [3.8, 4) is 5.88 Å². The number of halogens is 1. The van der Waals surface area contributed by atoms with Gasteiger partial charge in [-0.3, -0.25) is 0 Å². The average Bonchev–Trinajstić information content (AvgIpc) is 2.90. The summed E-state index contributed by atoms with van der Waals surface area (Å²) in [6, 6.07) is 1.58. The van der Waals surface area contributed by atoms with Crippen molar-refractivity contribution < 1.29 is 9.94 Å². The number of hydrogen-bond acceptors (Lipinski definition) is 4. The van der Waals surface area contributed by atoms with Crippen molar-refractivity contribution in [3.63, 3.8) is 0 Å². The van der Waals surface area contributed by atoms with E-state index in [4.69, 9.17) is 27.3 Å². The van der Waals surface area contributed by atoms with Gasteiger partial charge in [0.05, 0.1) is 6.61 Å². The highest BCUT2D eigenvalue weighted by molar-refractivity contribution is 6.35. The van der Waals surface area contributed by atoms with Crippen molar-refractivity contribution in [1.82, 2.24) is 4.98 Å². The number of ether oxygens (including phenoxy) is 1. The third-order valence-corrected chi connectivity index (χ3v) is 3.54. The highest BCUT2D eigenvalue weighted by atomic mass is 35.5. The maximum absolute atomic E-state index is 8.65. The second-order valence-corrected chi connectivity index (χ2v) is 4.80. The molecule has 3 N–H and O–H groups in total. The molecule has 0 aromatic carbocycles. The summed E-state index contributed by atoms with van der Waals surface area (Å²) in [7, 11) is 0. The Morgan fingerprint density at radius 3 is 2.94 bits per heavy atom. The number of nitrogens with zero attached hydrogens (tertiary/aromatic N) is 2. The third kappa shape index (κ3) is 2.85. The second-order valence-electron chi connectivity index (χ2n) is 4.42. The maximum Gasteiger partial charge on any atom is 0.233 e. The molecule has 0 saturated heterocycles. The number of amidine groups is 1. The van der Waals surface area contributed by atoms with Crippen molar-refractivity contribution >= 4 is 17.4 Å². The standard InChI is InChI=1S/C12H16ClN3O2/c13-10-9(11(14)16-17)5-6-15-12(10)18-7-8-3-1-2-4-8/h5-6,8,17H,1-4,7H2,(H2,14,16). The molecule has 0 spiro atoms. The first-order valence-electron chi connectivity index (χ1n) is 5.97. The molecule has 0 amide bonds. The summed E-state index contributed by atoms with van der Waals surface area (Å²) < 4.78 is 5.62. The second kappa shape index (κ2) is 5.91. The molecule has 1 aliphatic rings. The summed E-state index contributed by atoms with van der Waals surface area (Å²) in [6.45, 7) is 0.617. The Kier molecular flexibility index (Phi) is 4.25. The number of rotatable bonds is 4. The third-order valence-electron chi connectivity index (χ3n) is 3.17. The molecule has 1 aliphatic carbocycles. The largest absolute Gasteiger partial charge is 0.476 e. The van der Waals surface area contributed by atoms with Gasteiger partial charge in [0, 0.05) is 11.8 Å². The molecule has 0 radical (unpaired) electrons. The first kappa shape index (κ1) is 13.0. The van der Waals surface area contributed by atoms with E-state index in [0.29, 0.717) is 24.0 Å². The zero-order valence-corrected chi connectivity index (χ0v) is 10.7. The fourth-order valence-corrected chi connectivity index (χ4v) is 2.41. The predicted octanol–water partition coefficient (Wildman–Crippen LogP) is 2.40. The van der Waals surface area contributed by atoms with Crippen LogP contribution in [0.5, 0.6) is 5.88 Å². The van der Waals surface area contributed by atoms with E-state index in [1.807, 2.05) is 0 Å². The Labute approximate surface area is 111 Å². The molecule has 1 saturated carbocycles. The monoisotopic (exact) mass is 269 g/mol. The Morgan fingerprint density at radius 1 is 1.56 bits per heavy atom. The highest BCUT2D eigenvalue weighted by Gasteiger charge is 2.18. The van der Waals surface area contributed by atoms with Crippen molar-refractivity contribution in [2.75, 3.05) is 6.61 Å². The maximum atomic E-state index is 8.65. The first-order valence-corrected chi connectivity index (χ1v) is 6.35. The van der Waals surface area contributed by atoms with E-state index < -0.39 is 0 Å². The van der Waals surface area contributed by atoms with Crippen LogP contribution in [0.25, 0.3) is 0 Å². The molecule has 98 valence electrons. The van der Waals surface area contributed by atoms with E-state index >= 15 is 0 Å².